The van der Waals surface area contributed by atoms with Gasteiger partial charge in [0.15, 0.2) is 5.84 Å². The molecule has 0 aliphatic heterocycles. The zero-order valence-corrected chi connectivity index (χ0v) is 11.6. The van der Waals surface area contributed by atoms with Crippen LogP contribution in [-0.4, -0.2) is 28.3 Å². The van der Waals surface area contributed by atoms with Gasteiger partial charge in [-0.25, -0.2) is 4.39 Å². The highest BCUT2D eigenvalue weighted by molar-refractivity contribution is 5.98. The van der Waals surface area contributed by atoms with Crippen LogP contribution in [0.3, 0.4) is 0 Å². The van der Waals surface area contributed by atoms with Crippen molar-refractivity contribution in [2.45, 2.75) is 39.0 Å². The summed E-state index contributed by atoms with van der Waals surface area (Å²) in [5, 5.41) is 24.7. The molecule has 20 heavy (non-hydrogen) atoms. The van der Waals surface area contributed by atoms with Crippen LogP contribution >= 0.6 is 0 Å². The molecule has 110 valence electrons. The normalized spacial score (nSPS) is 25.3. The first-order valence-electron chi connectivity index (χ1n) is 6.54. The lowest BCUT2D eigenvalue weighted by Crippen LogP contribution is -2.59. The molecule has 0 amide bonds. The van der Waals surface area contributed by atoms with E-state index >= 15 is 0 Å². The standard InChI is InChI=1S/C14H20FN3O2/c1-14(2)11(6-12(14)19)17-7-8-3-4-9(15)5-10(8)13(16)18-20/h3-5,11-12,17,19-20H,6-7H2,1-2H3,(H2,16,18). The number of oxime groups is 1. The summed E-state index contributed by atoms with van der Waals surface area (Å²) in [6, 6.07) is 4.37. The molecule has 0 radical (unpaired) electrons. The number of benzene rings is 1. The fraction of sp³-hybridized carbons (Fsp3) is 0.500. The number of aliphatic hydroxyl groups is 1. The Labute approximate surface area is 117 Å². The monoisotopic (exact) mass is 281 g/mol. The highest BCUT2D eigenvalue weighted by Crippen LogP contribution is 2.40. The van der Waals surface area contributed by atoms with E-state index in [4.69, 9.17) is 10.9 Å². The Morgan fingerprint density at radius 1 is 1.55 bits per heavy atom. The van der Waals surface area contributed by atoms with Crippen LogP contribution < -0.4 is 11.1 Å². The van der Waals surface area contributed by atoms with Crippen LogP contribution in [0.2, 0.25) is 0 Å². The molecule has 0 bridgehead atoms. The van der Waals surface area contributed by atoms with E-state index in [0.29, 0.717) is 18.5 Å². The molecule has 1 aliphatic carbocycles. The van der Waals surface area contributed by atoms with Gasteiger partial charge in [-0.3, -0.25) is 0 Å². The average molecular weight is 281 g/mol. The maximum Gasteiger partial charge on any atom is 0.170 e. The largest absolute Gasteiger partial charge is 0.409 e. The fourth-order valence-corrected chi connectivity index (χ4v) is 2.48. The zero-order chi connectivity index (χ0) is 14.9. The van der Waals surface area contributed by atoms with E-state index in [1.54, 1.807) is 6.07 Å². The highest BCUT2D eigenvalue weighted by Gasteiger charge is 2.46. The summed E-state index contributed by atoms with van der Waals surface area (Å²) in [6.45, 7) is 4.45. The van der Waals surface area contributed by atoms with Gasteiger partial charge in [0.05, 0.1) is 6.10 Å². The summed E-state index contributed by atoms with van der Waals surface area (Å²) < 4.78 is 13.2. The van der Waals surface area contributed by atoms with E-state index in [9.17, 15) is 9.50 Å². The van der Waals surface area contributed by atoms with E-state index in [2.05, 4.69) is 10.5 Å². The third-order valence-corrected chi connectivity index (χ3v) is 4.21. The number of nitrogens with zero attached hydrogens (tertiary/aromatic N) is 1. The summed E-state index contributed by atoms with van der Waals surface area (Å²) in [5.74, 6) is -0.552. The Morgan fingerprint density at radius 3 is 2.80 bits per heavy atom. The topological polar surface area (TPSA) is 90.9 Å². The van der Waals surface area contributed by atoms with Crippen molar-refractivity contribution >= 4 is 5.84 Å². The molecule has 0 saturated heterocycles. The molecule has 6 heteroatoms. The van der Waals surface area contributed by atoms with Gasteiger partial charge in [0.2, 0.25) is 0 Å². The first-order chi connectivity index (χ1) is 9.36. The third-order valence-electron chi connectivity index (χ3n) is 4.21. The van der Waals surface area contributed by atoms with Gasteiger partial charge in [0.1, 0.15) is 5.82 Å². The summed E-state index contributed by atoms with van der Waals surface area (Å²) in [5.41, 5.74) is 6.50. The maximum atomic E-state index is 13.2. The molecule has 0 spiro atoms. The number of halogens is 1. The lowest BCUT2D eigenvalue weighted by molar-refractivity contribution is -0.0729. The van der Waals surface area contributed by atoms with Gasteiger partial charge < -0.3 is 21.4 Å². The van der Waals surface area contributed by atoms with E-state index in [1.165, 1.54) is 12.1 Å². The van der Waals surface area contributed by atoms with E-state index < -0.39 is 5.82 Å². The molecule has 1 aromatic rings. The van der Waals surface area contributed by atoms with Crippen molar-refractivity contribution < 1.29 is 14.7 Å². The molecule has 5 nitrogen and oxygen atoms in total. The van der Waals surface area contributed by atoms with Crippen LogP contribution in [0.1, 0.15) is 31.4 Å². The fourth-order valence-electron chi connectivity index (χ4n) is 2.48. The van der Waals surface area contributed by atoms with Crippen molar-refractivity contribution in [1.29, 1.82) is 0 Å². The van der Waals surface area contributed by atoms with Gasteiger partial charge in [0.25, 0.3) is 0 Å². The summed E-state index contributed by atoms with van der Waals surface area (Å²) in [6.07, 6.45) is 0.379. The second-order valence-corrected chi connectivity index (χ2v) is 5.79. The first kappa shape index (κ1) is 14.7. The maximum absolute atomic E-state index is 13.2. The molecule has 0 heterocycles. The zero-order valence-electron chi connectivity index (χ0n) is 11.6. The molecule has 5 N–H and O–H groups in total. The Bertz CT molecular complexity index is 531. The van der Waals surface area contributed by atoms with E-state index in [-0.39, 0.29) is 23.4 Å². The minimum atomic E-state index is -0.435. The Kier molecular flexibility index (Phi) is 3.96. The molecule has 0 aromatic heterocycles. The van der Waals surface area contributed by atoms with Gasteiger partial charge in [-0.05, 0) is 24.1 Å². The molecule has 1 saturated carbocycles. The predicted molar refractivity (Wildman–Crippen MR) is 73.9 cm³/mol. The number of hydrogen-bond donors (Lipinski definition) is 4. The van der Waals surface area contributed by atoms with Crippen LogP contribution in [0.25, 0.3) is 0 Å². The van der Waals surface area contributed by atoms with Crippen molar-refractivity contribution in [3.05, 3.63) is 35.1 Å². The molecule has 2 unspecified atom stereocenters. The smallest absolute Gasteiger partial charge is 0.170 e. The second-order valence-electron chi connectivity index (χ2n) is 5.79. The first-order valence-corrected chi connectivity index (χ1v) is 6.54. The third kappa shape index (κ3) is 2.62. The van der Waals surface area contributed by atoms with Crippen molar-refractivity contribution in [2.75, 3.05) is 0 Å². The average Bonchev–Trinajstić information content (AvgIpc) is 2.43. The number of amidine groups is 1. The molecule has 2 atom stereocenters. The predicted octanol–water partition coefficient (Wildman–Crippen LogP) is 1.17. The van der Waals surface area contributed by atoms with Crippen LogP contribution in [-0.2, 0) is 6.54 Å². The highest BCUT2D eigenvalue weighted by atomic mass is 19.1. The minimum absolute atomic E-state index is 0.116. The number of rotatable bonds is 4. The molecular weight excluding hydrogens is 261 g/mol. The Hall–Kier alpha value is -1.66. The molecule has 2 rings (SSSR count). The second kappa shape index (κ2) is 5.38. The van der Waals surface area contributed by atoms with Gasteiger partial charge >= 0.3 is 0 Å². The van der Waals surface area contributed by atoms with Gasteiger partial charge in [-0.15, -0.1) is 0 Å². The van der Waals surface area contributed by atoms with Crippen LogP contribution in [0.4, 0.5) is 4.39 Å². The van der Waals surface area contributed by atoms with Crippen LogP contribution in [0, 0.1) is 11.2 Å². The Morgan fingerprint density at radius 2 is 2.25 bits per heavy atom. The molecular formula is C14H20FN3O2. The molecule has 1 fully saturated rings. The SMILES string of the molecule is CC1(C)C(O)CC1NCc1ccc(F)cc1/C(N)=N/O. The van der Waals surface area contributed by atoms with Crippen molar-refractivity contribution in [3.63, 3.8) is 0 Å². The van der Waals surface area contributed by atoms with Crippen LogP contribution in [0.5, 0.6) is 0 Å². The summed E-state index contributed by atoms with van der Waals surface area (Å²) in [7, 11) is 0. The van der Waals surface area contributed by atoms with E-state index in [0.717, 1.165) is 5.56 Å². The van der Waals surface area contributed by atoms with Crippen LogP contribution in [0.15, 0.2) is 23.4 Å². The minimum Gasteiger partial charge on any atom is -0.409 e. The van der Waals surface area contributed by atoms with Gasteiger partial charge in [0, 0.05) is 23.6 Å². The number of nitrogens with one attached hydrogen (secondary N) is 1. The molecule has 1 aliphatic rings. The lowest BCUT2D eigenvalue weighted by atomic mass is 9.64. The van der Waals surface area contributed by atoms with Crippen molar-refractivity contribution in [2.24, 2.45) is 16.3 Å². The Balaban J connectivity index is 2.11. The lowest BCUT2D eigenvalue weighted by Gasteiger charge is -2.49. The van der Waals surface area contributed by atoms with Gasteiger partial charge in [-0.2, -0.15) is 0 Å². The van der Waals surface area contributed by atoms with Crippen molar-refractivity contribution in [1.82, 2.24) is 5.32 Å². The number of hydrogen-bond acceptors (Lipinski definition) is 4. The summed E-state index contributed by atoms with van der Waals surface area (Å²) >= 11 is 0. The number of nitrogens with two attached hydrogens (primary N) is 1. The number of aliphatic hydroxyl groups excluding tert-OH is 1. The van der Waals surface area contributed by atoms with E-state index in [1.807, 2.05) is 13.8 Å². The quantitative estimate of drug-likeness (QED) is 0.288. The van der Waals surface area contributed by atoms with Crippen molar-refractivity contribution in [3.8, 4) is 0 Å². The van der Waals surface area contributed by atoms with Gasteiger partial charge in [-0.1, -0.05) is 25.1 Å². The summed E-state index contributed by atoms with van der Waals surface area (Å²) in [4.78, 5) is 0. The molecule has 1 aromatic carbocycles.